The van der Waals surface area contributed by atoms with Crippen molar-refractivity contribution in [2.45, 2.75) is 39.7 Å². The summed E-state index contributed by atoms with van der Waals surface area (Å²) in [6.07, 6.45) is 2.33. The highest BCUT2D eigenvalue weighted by Gasteiger charge is 2.28. The van der Waals surface area contributed by atoms with Gasteiger partial charge in [0.25, 0.3) is 0 Å². The van der Waals surface area contributed by atoms with Crippen molar-refractivity contribution in [2.24, 2.45) is 11.3 Å². The van der Waals surface area contributed by atoms with Crippen LogP contribution >= 0.6 is 0 Å². The number of rotatable bonds is 6. The lowest BCUT2D eigenvalue weighted by Crippen LogP contribution is -2.45. The summed E-state index contributed by atoms with van der Waals surface area (Å²) in [5.41, 5.74) is 0.402. The molecule has 1 fully saturated rings. The Morgan fingerprint density at radius 2 is 1.94 bits per heavy atom. The minimum absolute atomic E-state index is 0.402. The lowest BCUT2D eigenvalue weighted by Gasteiger charge is -2.35. The van der Waals surface area contributed by atoms with Crippen LogP contribution in [0.3, 0.4) is 0 Å². The summed E-state index contributed by atoms with van der Waals surface area (Å²) < 4.78 is 10.7. The van der Waals surface area contributed by atoms with E-state index in [0.29, 0.717) is 17.4 Å². The molecule has 3 heteroatoms. The van der Waals surface area contributed by atoms with E-state index < -0.39 is 0 Å². The average molecular weight is 229 g/mol. The van der Waals surface area contributed by atoms with Crippen molar-refractivity contribution in [3.63, 3.8) is 0 Å². The maximum Gasteiger partial charge on any atom is 0.0618 e. The number of hydrogen-bond donors (Lipinski definition) is 1. The van der Waals surface area contributed by atoms with Crippen LogP contribution in [0.25, 0.3) is 0 Å². The van der Waals surface area contributed by atoms with E-state index in [-0.39, 0.29) is 0 Å². The third kappa shape index (κ3) is 4.40. The Morgan fingerprint density at radius 3 is 2.44 bits per heavy atom. The van der Waals surface area contributed by atoms with Crippen molar-refractivity contribution in [1.29, 1.82) is 0 Å². The van der Waals surface area contributed by atoms with Crippen molar-refractivity contribution in [2.75, 3.05) is 33.5 Å². The average Bonchev–Trinajstić information content (AvgIpc) is 2.25. The molecule has 1 aliphatic rings. The fraction of sp³-hybridized carbons (Fsp3) is 1.00. The number of hydrogen-bond acceptors (Lipinski definition) is 3. The number of nitrogens with one attached hydrogen (secondary N) is 1. The van der Waals surface area contributed by atoms with E-state index in [4.69, 9.17) is 9.47 Å². The predicted octanol–water partition coefficient (Wildman–Crippen LogP) is 2.06. The Bertz CT molecular complexity index is 188. The second kappa shape index (κ2) is 6.58. The van der Waals surface area contributed by atoms with Crippen molar-refractivity contribution in [3.05, 3.63) is 0 Å². The molecular weight excluding hydrogens is 202 g/mol. The minimum atomic E-state index is 0.402. The summed E-state index contributed by atoms with van der Waals surface area (Å²) in [5, 5.41) is 3.65. The molecule has 1 saturated heterocycles. The molecule has 1 heterocycles. The summed E-state index contributed by atoms with van der Waals surface area (Å²) in [6, 6.07) is 0.463. The van der Waals surface area contributed by atoms with Gasteiger partial charge in [-0.2, -0.15) is 0 Å². The third-order valence-electron chi connectivity index (χ3n) is 3.64. The first kappa shape index (κ1) is 13.9. The van der Waals surface area contributed by atoms with Gasteiger partial charge in [-0.15, -0.1) is 0 Å². The SMILES string of the molecule is COCC(NCC1(C)CCOCC1)C(C)C. The summed E-state index contributed by atoms with van der Waals surface area (Å²) >= 11 is 0. The van der Waals surface area contributed by atoms with E-state index in [2.05, 4.69) is 26.1 Å². The van der Waals surface area contributed by atoms with Crippen LogP contribution < -0.4 is 5.32 Å². The molecule has 0 amide bonds. The zero-order valence-corrected chi connectivity index (χ0v) is 11.2. The molecule has 1 rings (SSSR count). The first-order chi connectivity index (χ1) is 7.57. The first-order valence-electron chi connectivity index (χ1n) is 6.37. The summed E-state index contributed by atoms with van der Waals surface area (Å²) in [6.45, 7) is 10.5. The number of ether oxygens (including phenoxy) is 2. The fourth-order valence-corrected chi connectivity index (χ4v) is 2.09. The van der Waals surface area contributed by atoms with Crippen LogP contribution in [0, 0.1) is 11.3 Å². The van der Waals surface area contributed by atoms with Gasteiger partial charge in [0.1, 0.15) is 0 Å². The molecule has 0 aromatic carbocycles. The molecule has 1 atom stereocenters. The Balaban J connectivity index is 2.35. The zero-order chi connectivity index (χ0) is 12.0. The smallest absolute Gasteiger partial charge is 0.0618 e. The molecular formula is C13H27NO2. The van der Waals surface area contributed by atoms with Crippen LogP contribution in [-0.4, -0.2) is 39.5 Å². The molecule has 0 saturated carbocycles. The van der Waals surface area contributed by atoms with Gasteiger partial charge in [0.2, 0.25) is 0 Å². The monoisotopic (exact) mass is 229 g/mol. The normalized spacial score (nSPS) is 22.3. The topological polar surface area (TPSA) is 30.5 Å². The van der Waals surface area contributed by atoms with E-state index in [0.717, 1.165) is 39.2 Å². The van der Waals surface area contributed by atoms with Gasteiger partial charge >= 0.3 is 0 Å². The Kier molecular flexibility index (Phi) is 5.73. The highest BCUT2D eigenvalue weighted by atomic mass is 16.5. The molecule has 3 nitrogen and oxygen atoms in total. The molecule has 1 unspecified atom stereocenters. The molecule has 0 bridgehead atoms. The molecule has 0 aliphatic carbocycles. The van der Waals surface area contributed by atoms with Crippen LogP contribution in [0.15, 0.2) is 0 Å². The van der Waals surface area contributed by atoms with Gasteiger partial charge in [0.05, 0.1) is 6.61 Å². The van der Waals surface area contributed by atoms with Crippen molar-refractivity contribution >= 4 is 0 Å². The summed E-state index contributed by atoms with van der Waals surface area (Å²) in [7, 11) is 1.77. The highest BCUT2D eigenvalue weighted by Crippen LogP contribution is 2.28. The van der Waals surface area contributed by atoms with E-state index in [1.54, 1.807) is 7.11 Å². The van der Waals surface area contributed by atoms with Gasteiger partial charge in [-0.1, -0.05) is 20.8 Å². The molecule has 0 spiro atoms. The molecule has 0 radical (unpaired) electrons. The van der Waals surface area contributed by atoms with Crippen molar-refractivity contribution in [1.82, 2.24) is 5.32 Å². The molecule has 96 valence electrons. The van der Waals surface area contributed by atoms with Crippen molar-refractivity contribution in [3.8, 4) is 0 Å². The van der Waals surface area contributed by atoms with Crippen LogP contribution in [0.1, 0.15) is 33.6 Å². The van der Waals surface area contributed by atoms with Gasteiger partial charge in [-0.3, -0.25) is 0 Å². The van der Waals surface area contributed by atoms with Crippen LogP contribution in [0.2, 0.25) is 0 Å². The highest BCUT2D eigenvalue weighted by molar-refractivity contribution is 4.82. The van der Waals surface area contributed by atoms with E-state index in [1.165, 1.54) is 0 Å². The Morgan fingerprint density at radius 1 is 1.31 bits per heavy atom. The Labute approximate surface area is 99.9 Å². The van der Waals surface area contributed by atoms with Gasteiger partial charge in [-0.25, -0.2) is 0 Å². The predicted molar refractivity (Wildman–Crippen MR) is 66.7 cm³/mol. The third-order valence-corrected chi connectivity index (χ3v) is 3.64. The van der Waals surface area contributed by atoms with E-state index >= 15 is 0 Å². The lowest BCUT2D eigenvalue weighted by molar-refractivity contribution is 0.0200. The summed E-state index contributed by atoms with van der Waals surface area (Å²) in [4.78, 5) is 0. The first-order valence-corrected chi connectivity index (χ1v) is 6.37. The van der Waals surface area contributed by atoms with E-state index in [9.17, 15) is 0 Å². The maximum absolute atomic E-state index is 5.41. The quantitative estimate of drug-likeness (QED) is 0.756. The largest absolute Gasteiger partial charge is 0.383 e. The van der Waals surface area contributed by atoms with Gasteiger partial charge < -0.3 is 14.8 Å². The van der Waals surface area contributed by atoms with Crippen LogP contribution in [0.5, 0.6) is 0 Å². The minimum Gasteiger partial charge on any atom is -0.383 e. The van der Waals surface area contributed by atoms with Crippen LogP contribution in [0.4, 0.5) is 0 Å². The standard InChI is InChI=1S/C13H27NO2/c1-11(2)12(9-15-4)14-10-13(3)5-7-16-8-6-13/h11-12,14H,5-10H2,1-4H3. The van der Waals surface area contributed by atoms with Crippen LogP contribution in [-0.2, 0) is 9.47 Å². The van der Waals surface area contributed by atoms with Gasteiger partial charge in [0.15, 0.2) is 0 Å². The zero-order valence-electron chi connectivity index (χ0n) is 11.2. The molecule has 0 aromatic heterocycles. The molecule has 16 heavy (non-hydrogen) atoms. The second-order valence-electron chi connectivity index (χ2n) is 5.61. The van der Waals surface area contributed by atoms with Crippen molar-refractivity contribution < 1.29 is 9.47 Å². The fourth-order valence-electron chi connectivity index (χ4n) is 2.09. The molecule has 0 aromatic rings. The van der Waals surface area contributed by atoms with E-state index in [1.807, 2.05) is 0 Å². The lowest BCUT2D eigenvalue weighted by atomic mass is 9.82. The van der Waals surface area contributed by atoms with Gasteiger partial charge in [0, 0.05) is 32.9 Å². The second-order valence-corrected chi connectivity index (χ2v) is 5.61. The number of methoxy groups -OCH3 is 1. The molecule has 1 aliphatic heterocycles. The molecule has 1 N–H and O–H groups in total. The van der Waals surface area contributed by atoms with Gasteiger partial charge in [-0.05, 0) is 24.2 Å². The maximum atomic E-state index is 5.41. The summed E-state index contributed by atoms with van der Waals surface area (Å²) in [5.74, 6) is 0.614. The Hall–Kier alpha value is -0.120.